The Labute approximate surface area is 114 Å². The predicted molar refractivity (Wildman–Crippen MR) is 73.1 cm³/mol. The van der Waals surface area contributed by atoms with Gasteiger partial charge in [-0.2, -0.15) is 0 Å². The largest absolute Gasteiger partial charge is 0.480 e. The number of carbonyl (C=O) groups is 2. The molecule has 0 heterocycles. The van der Waals surface area contributed by atoms with Crippen LogP contribution < -0.4 is 10.6 Å². The molecule has 6 nitrogen and oxygen atoms in total. The van der Waals surface area contributed by atoms with Gasteiger partial charge in [0.1, 0.15) is 5.54 Å². The van der Waals surface area contributed by atoms with Gasteiger partial charge in [-0.25, -0.2) is 9.59 Å². The Morgan fingerprint density at radius 2 is 2.16 bits per heavy atom. The van der Waals surface area contributed by atoms with Crippen LogP contribution in [-0.2, 0) is 4.79 Å². The number of urea groups is 1. The Morgan fingerprint density at radius 3 is 2.68 bits per heavy atom. The highest BCUT2D eigenvalue weighted by molar-refractivity contribution is 5.86. The summed E-state index contributed by atoms with van der Waals surface area (Å²) in [6, 6.07) is -0.313. The fourth-order valence-electron chi connectivity index (χ4n) is 2.59. The molecule has 1 aliphatic carbocycles. The molecule has 110 valence electrons. The average molecular weight is 271 g/mol. The maximum Gasteiger partial charge on any atom is 0.329 e. The van der Waals surface area contributed by atoms with Gasteiger partial charge in [-0.05, 0) is 25.8 Å². The van der Waals surface area contributed by atoms with Crippen LogP contribution in [0.3, 0.4) is 0 Å². The highest BCUT2D eigenvalue weighted by Gasteiger charge is 2.43. The molecule has 2 unspecified atom stereocenters. The number of nitrogens with zero attached hydrogens (tertiary/aromatic N) is 1. The molecule has 0 radical (unpaired) electrons. The number of carboxylic acid groups (broad SMARTS) is 1. The van der Waals surface area contributed by atoms with E-state index in [9.17, 15) is 14.7 Å². The summed E-state index contributed by atoms with van der Waals surface area (Å²) < 4.78 is 0. The van der Waals surface area contributed by atoms with Crippen LogP contribution >= 0.6 is 0 Å². The van der Waals surface area contributed by atoms with E-state index in [2.05, 4.69) is 10.6 Å². The van der Waals surface area contributed by atoms with Crippen molar-refractivity contribution in [3.63, 3.8) is 0 Å². The topological polar surface area (TPSA) is 81.7 Å². The second-order valence-electron chi connectivity index (χ2n) is 5.54. The molecule has 6 heteroatoms. The molecule has 2 amide bonds. The van der Waals surface area contributed by atoms with Crippen LogP contribution in [0.5, 0.6) is 0 Å². The molecule has 3 N–H and O–H groups in total. The summed E-state index contributed by atoms with van der Waals surface area (Å²) in [6.07, 6.45) is 2.89. The molecule has 1 rings (SSSR count). The lowest BCUT2D eigenvalue weighted by molar-refractivity contribution is -0.146. The third kappa shape index (κ3) is 4.09. The number of likely N-dealkylation sites (N-methyl/N-ethyl adjacent to an activating group) is 2. The molecular formula is C13H25N3O3. The van der Waals surface area contributed by atoms with E-state index in [1.807, 2.05) is 14.0 Å². The van der Waals surface area contributed by atoms with Crippen LogP contribution in [0.15, 0.2) is 0 Å². The zero-order valence-electron chi connectivity index (χ0n) is 12.0. The fourth-order valence-corrected chi connectivity index (χ4v) is 2.59. The van der Waals surface area contributed by atoms with E-state index in [1.165, 1.54) is 4.90 Å². The number of carbonyl (C=O) groups excluding carboxylic acids is 1. The molecule has 2 atom stereocenters. The van der Waals surface area contributed by atoms with Crippen molar-refractivity contribution in [2.75, 3.05) is 27.2 Å². The fraction of sp³-hybridized carbons (Fsp3) is 0.846. The van der Waals surface area contributed by atoms with Crippen molar-refractivity contribution >= 4 is 12.0 Å². The number of aliphatic carboxylic acids is 1. The second kappa shape index (κ2) is 6.75. The first kappa shape index (κ1) is 15.8. The lowest BCUT2D eigenvalue weighted by Crippen LogP contribution is -2.59. The monoisotopic (exact) mass is 271 g/mol. The van der Waals surface area contributed by atoms with Crippen molar-refractivity contribution in [2.24, 2.45) is 5.92 Å². The van der Waals surface area contributed by atoms with E-state index in [4.69, 9.17) is 0 Å². The van der Waals surface area contributed by atoms with Gasteiger partial charge >= 0.3 is 12.0 Å². The average Bonchev–Trinajstić information content (AvgIpc) is 2.35. The van der Waals surface area contributed by atoms with Gasteiger partial charge in [-0.15, -0.1) is 0 Å². The first-order valence-electron chi connectivity index (χ1n) is 6.82. The summed E-state index contributed by atoms with van der Waals surface area (Å²) >= 11 is 0. The Kier molecular flexibility index (Phi) is 5.60. The molecule has 0 aliphatic heterocycles. The molecule has 0 saturated heterocycles. The van der Waals surface area contributed by atoms with E-state index in [0.29, 0.717) is 31.8 Å². The minimum atomic E-state index is -1.09. The van der Waals surface area contributed by atoms with Gasteiger partial charge in [0.2, 0.25) is 0 Å². The highest BCUT2D eigenvalue weighted by atomic mass is 16.4. The zero-order chi connectivity index (χ0) is 14.5. The summed E-state index contributed by atoms with van der Waals surface area (Å²) in [7, 11) is 3.49. The maximum atomic E-state index is 12.1. The van der Waals surface area contributed by atoms with Crippen molar-refractivity contribution in [1.82, 2.24) is 15.5 Å². The van der Waals surface area contributed by atoms with Gasteiger partial charge in [0.05, 0.1) is 0 Å². The molecule has 0 aromatic carbocycles. The molecule has 0 bridgehead atoms. The smallest absolute Gasteiger partial charge is 0.329 e. The quantitative estimate of drug-likeness (QED) is 0.693. The first-order valence-corrected chi connectivity index (χ1v) is 6.82. The minimum absolute atomic E-state index is 0.313. The Hall–Kier alpha value is -1.30. The standard InChI is InChI=1S/C13H25N3O3/c1-10-5-4-6-13(9-10,11(17)18)15-12(19)16(3)8-7-14-2/h10,14H,4-9H2,1-3H3,(H,15,19)(H,17,18). The molecule has 1 aliphatic rings. The molecule has 0 aromatic heterocycles. The van der Waals surface area contributed by atoms with Crippen LogP contribution in [0, 0.1) is 5.92 Å². The number of carboxylic acids is 1. The molecule has 1 fully saturated rings. The van der Waals surface area contributed by atoms with Gasteiger partial charge in [-0.3, -0.25) is 0 Å². The van der Waals surface area contributed by atoms with E-state index in [0.717, 1.165) is 12.8 Å². The molecular weight excluding hydrogens is 246 g/mol. The van der Waals surface area contributed by atoms with Crippen LogP contribution in [0.25, 0.3) is 0 Å². The van der Waals surface area contributed by atoms with Crippen molar-refractivity contribution in [3.05, 3.63) is 0 Å². The van der Waals surface area contributed by atoms with E-state index >= 15 is 0 Å². The summed E-state index contributed by atoms with van der Waals surface area (Å²) in [4.78, 5) is 25.1. The number of hydrogen-bond acceptors (Lipinski definition) is 3. The summed E-state index contributed by atoms with van der Waals surface area (Å²) in [5.41, 5.74) is -1.09. The minimum Gasteiger partial charge on any atom is -0.480 e. The Bertz CT molecular complexity index is 335. The van der Waals surface area contributed by atoms with E-state index in [-0.39, 0.29) is 6.03 Å². The third-order valence-corrected chi connectivity index (χ3v) is 3.80. The summed E-state index contributed by atoms with van der Waals surface area (Å²) in [6.45, 7) is 3.27. The van der Waals surface area contributed by atoms with Crippen molar-refractivity contribution in [2.45, 2.75) is 38.1 Å². The number of nitrogens with one attached hydrogen (secondary N) is 2. The number of hydrogen-bond donors (Lipinski definition) is 3. The highest BCUT2D eigenvalue weighted by Crippen LogP contribution is 2.32. The second-order valence-corrected chi connectivity index (χ2v) is 5.54. The van der Waals surface area contributed by atoms with Crippen LogP contribution in [-0.4, -0.2) is 54.7 Å². The molecule has 1 saturated carbocycles. The van der Waals surface area contributed by atoms with Gasteiger partial charge in [0.15, 0.2) is 0 Å². The number of amides is 2. The van der Waals surface area contributed by atoms with Gasteiger partial charge in [-0.1, -0.05) is 19.8 Å². The normalized spacial score (nSPS) is 26.8. The molecule has 19 heavy (non-hydrogen) atoms. The lowest BCUT2D eigenvalue weighted by atomic mass is 9.76. The van der Waals surface area contributed by atoms with E-state index in [1.54, 1.807) is 7.05 Å². The maximum absolute atomic E-state index is 12.1. The van der Waals surface area contributed by atoms with Crippen LogP contribution in [0.1, 0.15) is 32.6 Å². The van der Waals surface area contributed by atoms with Crippen molar-refractivity contribution in [1.29, 1.82) is 0 Å². The Morgan fingerprint density at radius 1 is 1.47 bits per heavy atom. The third-order valence-electron chi connectivity index (χ3n) is 3.80. The lowest BCUT2D eigenvalue weighted by Gasteiger charge is -2.38. The summed E-state index contributed by atoms with van der Waals surface area (Å²) in [5, 5.41) is 15.2. The SMILES string of the molecule is CNCCN(C)C(=O)NC1(C(=O)O)CCCC(C)C1. The summed E-state index contributed by atoms with van der Waals surface area (Å²) in [5.74, 6) is -0.595. The molecule has 0 aromatic rings. The Balaban J connectivity index is 2.68. The van der Waals surface area contributed by atoms with Crippen molar-refractivity contribution < 1.29 is 14.7 Å². The van der Waals surface area contributed by atoms with Crippen LogP contribution in [0.4, 0.5) is 4.79 Å². The van der Waals surface area contributed by atoms with Crippen molar-refractivity contribution in [3.8, 4) is 0 Å². The van der Waals surface area contributed by atoms with E-state index < -0.39 is 11.5 Å². The van der Waals surface area contributed by atoms with Crippen LogP contribution in [0.2, 0.25) is 0 Å². The molecule has 0 spiro atoms. The van der Waals surface area contributed by atoms with Gasteiger partial charge < -0.3 is 20.6 Å². The predicted octanol–water partition coefficient (Wildman–Crippen LogP) is 0.881. The van der Waals surface area contributed by atoms with Gasteiger partial charge in [0, 0.05) is 20.1 Å². The van der Waals surface area contributed by atoms with Gasteiger partial charge in [0.25, 0.3) is 0 Å². The number of rotatable bonds is 5. The first-order chi connectivity index (χ1) is 8.91. The zero-order valence-corrected chi connectivity index (χ0v) is 12.0.